The van der Waals surface area contributed by atoms with Crippen molar-refractivity contribution in [1.82, 2.24) is 9.80 Å². The van der Waals surface area contributed by atoms with Gasteiger partial charge in [-0.3, -0.25) is 9.59 Å². The predicted octanol–water partition coefficient (Wildman–Crippen LogP) is 4.38. The molecule has 2 aliphatic rings. The monoisotopic (exact) mass is 470 g/mol. The molecule has 0 bridgehead atoms. The number of aromatic hydroxyl groups is 1. The average molecular weight is 471 g/mol. The molecule has 1 aromatic carbocycles. The summed E-state index contributed by atoms with van der Waals surface area (Å²) < 4.78 is 5.39. The molecule has 2 saturated heterocycles. The number of benzene rings is 1. The Morgan fingerprint density at radius 3 is 2.13 bits per heavy atom. The fraction of sp³-hybridized carbons (Fsp3) is 0.591. The number of rotatable bonds is 3. The number of hydrogen-bond donors (Lipinski definition) is 1. The predicted molar refractivity (Wildman–Crippen MR) is 118 cm³/mol. The number of carbonyl (C=O) groups excluding carboxylic acids is 3. The molecule has 3 rings (SSSR count). The Labute approximate surface area is 192 Å². The second-order valence-electron chi connectivity index (χ2n) is 9.16. The van der Waals surface area contributed by atoms with Gasteiger partial charge in [0.1, 0.15) is 11.4 Å². The SMILES string of the molecule is CC(C)(C)OC(=O)N1CC[C@@H](C(=O)N2CCC(C(=O)c3cc(Cl)c(Cl)cc3O)CC2)C1. The third-order valence-corrected chi connectivity index (χ3v) is 6.39. The Hall–Kier alpha value is -1.99. The van der Waals surface area contributed by atoms with Crippen molar-refractivity contribution in [2.45, 2.75) is 45.6 Å². The van der Waals surface area contributed by atoms with Crippen molar-refractivity contribution in [3.05, 3.63) is 27.7 Å². The van der Waals surface area contributed by atoms with E-state index in [0.717, 1.165) is 0 Å². The molecule has 2 aliphatic heterocycles. The van der Waals surface area contributed by atoms with E-state index in [0.29, 0.717) is 45.4 Å². The lowest BCUT2D eigenvalue weighted by molar-refractivity contribution is -0.136. The Kier molecular flexibility index (Phi) is 7.06. The highest BCUT2D eigenvalue weighted by atomic mass is 35.5. The molecule has 1 N–H and O–H groups in total. The maximum absolute atomic E-state index is 12.9. The zero-order valence-electron chi connectivity index (χ0n) is 18.0. The van der Waals surface area contributed by atoms with Gasteiger partial charge in [-0.15, -0.1) is 0 Å². The van der Waals surface area contributed by atoms with Gasteiger partial charge >= 0.3 is 6.09 Å². The lowest BCUT2D eigenvalue weighted by atomic mass is 9.88. The number of nitrogens with zero attached hydrogens (tertiary/aromatic N) is 2. The molecule has 2 amide bonds. The first-order chi connectivity index (χ1) is 14.5. The molecule has 2 heterocycles. The van der Waals surface area contributed by atoms with E-state index in [1.165, 1.54) is 12.1 Å². The molecule has 9 heteroatoms. The normalized spacial score (nSPS) is 20.1. The maximum atomic E-state index is 12.9. The lowest BCUT2D eigenvalue weighted by Gasteiger charge is -2.33. The van der Waals surface area contributed by atoms with Gasteiger partial charge in [0.05, 0.1) is 21.5 Å². The van der Waals surface area contributed by atoms with Crippen molar-refractivity contribution >= 4 is 41.0 Å². The number of carbonyl (C=O) groups is 3. The van der Waals surface area contributed by atoms with E-state index in [9.17, 15) is 19.5 Å². The highest BCUT2D eigenvalue weighted by molar-refractivity contribution is 6.42. The van der Waals surface area contributed by atoms with Crippen LogP contribution >= 0.6 is 23.2 Å². The number of phenols is 1. The van der Waals surface area contributed by atoms with Gasteiger partial charge in [-0.25, -0.2) is 4.79 Å². The molecule has 1 aromatic rings. The summed E-state index contributed by atoms with van der Waals surface area (Å²) in [4.78, 5) is 41.3. The second kappa shape index (κ2) is 9.25. The van der Waals surface area contributed by atoms with E-state index in [-0.39, 0.29) is 44.9 Å². The fourth-order valence-corrected chi connectivity index (χ4v) is 4.35. The van der Waals surface area contributed by atoms with Gasteiger partial charge in [-0.2, -0.15) is 0 Å². The summed E-state index contributed by atoms with van der Waals surface area (Å²) in [6.45, 7) is 7.20. The number of piperidine rings is 1. The Morgan fingerprint density at radius 1 is 0.968 bits per heavy atom. The van der Waals surface area contributed by atoms with Crippen molar-refractivity contribution in [3.8, 4) is 5.75 Å². The van der Waals surface area contributed by atoms with E-state index in [4.69, 9.17) is 27.9 Å². The largest absolute Gasteiger partial charge is 0.507 e. The molecular formula is C22H28Cl2N2O5. The van der Waals surface area contributed by atoms with E-state index >= 15 is 0 Å². The van der Waals surface area contributed by atoms with Crippen LogP contribution in [-0.4, -0.2) is 64.5 Å². The number of ether oxygens (including phenoxy) is 1. The minimum Gasteiger partial charge on any atom is -0.507 e. The second-order valence-corrected chi connectivity index (χ2v) is 9.97. The highest BCUT2D eigenvalue weighted by Crippen LogP contribution is 2.33. The first-order valence-corrected chi connectivity index (χ1v) is 11.2. The standard InChI is InChI=1S/C22H28Cl2N2O5/c1-22(2,3)31-21(30)26-9-6-14(12-26)20(29)25-7-4-13(5-8-25)19(28)15-10-16(23)17(24)11-18(15)27/h10-11,13-14,27H,4-9,12H2,1-3H3/t14-/m1/s1. The average Bonchev–Trinajstić information content (AvgIpc) is 3.19. The van der Waals surface area contributed by atoms with E-state index in [1.807, 2.05) is 20.8 Å². The Bertz CT molecular complexity index is 875. The van der Waals surface area contributed by atoms with Gasteiger partial charge in [-0.1, -0.05) is 23.2 Å². The molecule has 170 valence electrons. The molecule has 0 radical (unpaired) electrons. The fourth-order valence-electron chi connectivity index (χ4n) is 4.03. The van der Waals surface area contributed by atoms with Crippen LogP contribution in [0.15, 0.2) is 12.1 Å². The molecule has 0 spiro atoms. The van der Waals surface area contributed by atoms with Gasteiger partial charge in [0.2, 0.25) is 5.91 Å². The Morgan fingerprint density at radius 2 is 1.52 bits per heavy atom. The summed E-state index contributed by atoms with van der Waals surface area (Å²) in [6.07, 6.45) is 1.22. The number of halogens is 2. The minimum atomic E-state index is -0.573. The summed E-state index contributed by atoms with van der Waals surface area (Å²) in [6, 6.07) is 2.66. The van der Waals surface area contributed by atoms with Crippen LogP contribution in [0.2, 0.25) is 10.0 Å². The summed E-state index contributed by atoms with van der Waals surface area (Å²) in [5.41, 5.74) is -0.418. The zero-order valence-corrected chi connectivity index (χ0v) is 19.5. The van der Waals surface area contributed by atoms with Gasteiger partial charge in [0.15, 0.2) is 5.78 Å². The van der Waals surface area contributed by atoms with Crippen molar-refractivity contribution < 1.29 is 24.2 Å². The topological polar surface area (TPSA) is 87.2 Å². The molecule has 0 unspecified atom stereocenters. The Balaban J connectivity index is 1.54. The molecule has 0 saturated carbocycles. The minimum absolute atomic E-state index is 0.00865. The number of hydrogen-bond acceptors (Lipinski definition) is 5. The first-order valence-electron chi connectivity index (χ1n) is 10.4. The third kappa shape index (κ3) is 5.63. The quantitative estimate of drug-likeness (QED) is 0.662. The molecule has 0 aromatic heterocycles. The first kappa shape index (κ1) is 23.7. The van der Waals surface area contributed by atoms with Crippen LogP contribution in [0.25, 0.3) is 0 Å². The maximum Gasteiger partial charge on any atom is 0.410 e. The summed E-state index contributed by atoms with van der Waals surface area (Å²) in [7, 11) is 0. The molecule has 7 nitrogen and oxygen atoms in total. The van der Waals surface area contributed by atoms with Crippen LogP contribution in [0.1, 0.15) is 50.4 Å². The van der Waals surface area contributed by atoms with Gasteiger partial charge in [0.25, 0.3) is 0 Å². The van der Waals surface area contributed by atoms with Crippen LogP contribution in [0.4, 0.5) is 4.79 Å². The van der Waals surface area contributed by atoms with Crippen LogP contribution in [0.5, 0.6) is 5.75 Å². The van der Waals surface area contributed by atoms with Crippen molar-refractivity contribution in [3.63, 3.8) is 0 Å². The van der Waals surface area contributed by atoms with Gasteiger partial charge < -0.3 is 19.6 Å². The summed E-state index contributed by atoms with van der Waals surface area (Å²) >= 11 is 11.9. The van der Waals surface area contributed by atoms with E-state index < -0.39 is 11.7 Å². The van der Waals surface area contributed by atoms with Crippen molar-refractivity contribution in [1.29, 1.82) is 0 Å². The van der Waals surface area contributed by atoms with Crippen molar-refractivity contribution in [2.24, 2.45) is 11.8 Å². The summed E-state index contributed by atoms with van der Waals surface area (Å²) in [5, 5.41) is 10.5. The van der Waals surface area contributed by atoms with Crippen LogP contribution < -0.4 is 0 Å². The smallest absolute Gasteiger partial charge is 0.410 e. The molecule has 2 fully saturated rings. The zero-order chi connectivity index (χ0) is 22.9. The molecule has 1 atom stereocenters. The van der Waals surface area contributed by atoms with Crippen LogP contribution in [0.3, 0.4) is 0 Å². The van der Waals surface area contributed by atoms with E-state index in [2.05, 4.69) is 0 Å². The number of likely N-dealkylation sites (tertiary alicyclic amines) is 2. The van der Waals surface area contributed by atoms with Crippen LogP contribution in [0, 0.1) is 11.8 Å². The number of Topliss-reactive ketones (excluding diaryl/α,β-unsaturated/α-hetero) is 1. The number of phenolic OH excluding ortho intramolecular Hbond substituents is 1. The lowest BCUT2D eigenvalue weighted by Crippen LogP contribution is -2.44. The summed E-state index contributed by atoms with van der Waals surface area (Å²) in [5.74, 6) is -0.923. The van der Waals surface area contributed by atoms with Crippen LogP contribution in [-0.2, 0) is 9.53 Å². The molecule has 31 heavy (non-hydrogen) atoms. The number of ketones is 1. The number of amides is 2. The van der Waals surface area contributed by atoms with Gasteiger partial charge in [0, 0.05) is 38.2 Å². The van der Waals surface area contributed by atoms with E-state index in [1.54, 1.807) is 9.80 Å². The highest BCUT2D eigenvalue weighted by Gasteiger charge is 2.37. The van der Waals surface area contributed by atoms with Crippen molar-refractivity contribution in [2.75, 3.05) is 26.2 Å². The third-order valence-electron chi connectivity index (χ3n) is 5.67. The van der Waals surface area contributed by atoms with Gasteiger partial charge in [-0.05, 0) is 46.1 Å². The molecule has 0 aliphatic carbocycles. The molecular weight excluding hydrogens is 443 g/mol.